The lowest BCUT2D eigenvalue weighted by atomic mass is 10.3. The second kappa shape index (κ2) is 4.37. The summed E-state index contributed by atoms with van der Waals surface area (Å²) in [4.78, 5) is 8.04. The minimum Gasteiger partial charge on any atom is -0.285 e. The van der Waals surface area contributed by atoms with Crippen molar-refractivity contribution in [2.75, 3.05) is 0 Å². The molecule has 0 N–H and O–H groups in total. The molecule has 0 unspecified atom stereocenters. The Balaban J connectivity index is 1.92. The average Bonchev–Trinajstić information content (AvgIpc) is 2.98. The maximum Gasteiger partial charge on any atom is 0.522 e. The SMILES string of the molecule is FC(F)(F)OCc1ccnc(CC2CC2)n1. The van der Waals surface area contributed by atoms with Crippen molar-refractivity contribution in [3.05, 3.63) is 23.8 Å². The highest BCUT2D eigenvalue weighted by atomic mass is 19.4. The quantitative estimate of drug-likeness (QED) is 0.799. The van der Waals surface area contributed by atoms with Gasteiger partial charge in [0.2, 0.25) is 0 Å². The van der Waals surface area contributed by atoms with E-state index in [0.717, 1.165) is 19.3 Å². The summed E-state index contributed by atoms with van der Waals surface area (Å²) < 4.78 is 39.1. The lowest BCUT2D eigenvalue weighted by Gasteiger charge is -2.07. The lowest BCUT2D eigenvalue weighted by Crippen LogP contribution is -2.14. The van der Waals surface area contributed by atoms with Crippen LogP contribution in [0.25, 0.3) is 0 Å². The monoisotopic (exact) mass is 232 g/mol. The molecule has 1 aromatic rings. The molecule has 0 amide bonds. The van der Waals surface area contributed by atoms with E-state index >= 15 is 0 Å². The van der Waals surface area contributed by atoms with Crippen molar-refractivity contribution in [2.45, 2.75) is 32.2 Å². The molecule has 0 bridgehead atoms. The molecule has 0 aliphatic heterocycles. The summed E-state index contributed by atoms with van der Waals surface area (Å²) in [5.74, 6) is 1.21. The molecule has 1 aliphatic carbocycles. The summed E-state index contributed by atoms with van der Waals surface area (Å²) in [5.41, 5.74) is 0.267. The zero-order chi connectivity index (χ0) is 11.6. The Hall–Kier alpha value is -1.17. The van der Waals surface area contributed by atoms with E-state index in [0.29, 0.717) is 11.7 Å². The normalized spacial score (nSPS) is 16.4. The number of nitrogens with zero attached hydrogens (tertiary/aromatic N) is 2. The van der Waals surface area contributed by atoms with Crippen LogP contribution in [0, 0.1) is 5.92 Å². The highest BCUT2D eigenvalue weighted by Gasteiger charge is 2.29. The number of hydrogen-bond donors (Lipinski definition) is 0. The first-order valence-corrected chi connectivity index (χ1v) is 5.04. The van der Waals surface area contributed by atoms with Gasteiger partial charge in [-0.25, -0.2) is 9.97 Å². The molecule has 1 aromatic heterocycles. The molecule has 0 aromatic carbocycles. The van der Waals surface area contributed by atoms with Gasteiger partial charge in [-0.05, 0) is 24.8 Å². The Kier molecular flexibility index (Phi) is 3.09. The summed E-state index contributed by atoms with van der Waals surface area (Å²) in [5, 5.41) is 0. The molecule has 88 valence electrons. The fourth-order valence-electron chi connectivity index (χ4n) is 1.36. The van der Waals surface area contributed by atoms with Crippen LogP contribution < -0.4 is 0 Å². The molecule has 0 spiro atoms. The zero-order valence-corrected chi connectivity index (χ0v) is 8.50. The molecule has 0 saturated heterocycles. The van der Waals surface area contributed by atoms with Crippen molar-refractivity contribution < 1.29 is 17.9 Å². The molecular weight excluding hydrogens is 221 g/mol. The second-order valence-corrected chi connectivity index (χ2v) is 3.85. The van der Waals surface area contributed by atoms with E-state index in [1.165, 1.54) is 12.3 Å². The van der Waals surface area contributed by atoms with Crippen molar-refractivity contribution in [3.63, 3.8) is 0 Å². The molecule has 3 nitrogen and oxygen atoms in total. The molecular formula is C10H11F3N2O. The first kappa shape index (κ1) is 11.3. The highest BCUT2D eigenvalue weighted by Crippen LogP contribution is 2.31. The predicted octanol–water partition coefficient (Wildman–Crippen LogP) is 2.47. The maximum atomic E-state index is 11.8. The van der Waals surface area contributed by atoms with Gasteiger partial charge in [0.25, 0.3) is 0 Å². The van der Waals surface area contributed by atoms with E-state index < -0.39 is 13.0 Å². The van der Waals surface area contributed by atoms with Crippen LogP contribution in [0.1, 0.15) is 24.4 Å². The van der Waals surface area contributed by atoms with Crippen LogP contribution >= 0.6 is 0 Å². The van der Waals surface area contributed by atoms with Crippen LogP contribution in [0.2, 0.25) is 0 Å². The summed E-state index contributed by atoms with van der Waals surface area (Å²) in [7, 11) is 0. The number of halogens is 3. The maximum absolute atomic E-state index is 11.8. The van der Waals surface area contributed by atoms with Crippen molar-refractivity contribution >= 4 is 0 Å². The number of hydrogen-bond acceptors (Lipinski definition) is 3. The van der Waals surface area contributed by atoms with E-state index in [4.69, 9.17) is 0 Å². The Morgan fingerprint density at radius 1 is 1.38 bits per heavy atom. The van der Waals surface area contributed by atoms with Crippen LogP contribution in [0.4, 0.5) is 13.2 Å². The van der Waals surface area contributed by atoms with E-state index in [-0.39, 0.29) is 5.69 Å². The topological polar surface area (TPSA) is 35.0 Å². The van der Waals surface area contributed by atoms with Gasteiger partial charge in [-0.1, -0.05) is 0 Å². The predicted molar refractivity (Wildman–Crippen MR) is 49.3 cm³/mol. The van der Waals surface area contributed by atoms with Gasteiger partial charge >= 0.3 is 6.36 Å². The lowest BCUT2D eigenvalue weighted by molar-refractivity contribution is -0.330. The first-order valence-electron chi connectivity index (χ1n) is 5.04. The molecule has 0 radical (unpaired) electrons. The standard InChI is InChI=1S/C10H11F3N2O/c11-10(12,13)16-6-8-3-4-14-9(15-8)5-7-1-2-7/h3-4,7H,1-2,5-6H2. The van der Waals surface area contributed by atoms with Gasteiger partial charge in [0.1, 0.15) is 5.82 Å². The second-order valence-electron chi connectivity index (χ2n) is 3.85. The largest absolute Gasteiger partial charge is 0.522 e. The zero-order valence-electron chi connectivity index (χ0n) is 8.50. The van der Waals surface area contributed by atoms with Gasteiger partial charge in [-0.2, -0.15) is 0 Å². The molecule has 0 atom stereocenters. The van der Waals surface area contributed by atoms with Crippen LogP contribution in [0.15, 0.2) is 12.3 Å². The molecule has 2 rings (SSSR count). The van der Waals surface area contributed by atoms with Crippen LogP contribution in [0.5, 0.6) is 0 Å². The summed E-state index contributed by atoms with van der Waals surface area (Å²) in [6, 6.07) is 1.43. The summed E-state index contributed by atoms with van der Waals surface area (Å²) >= 11 is 0. The van der Waals surface area contributed by atoms with Gasteiger partial charge in [0.05, 0.1) is 12.3 Å². The van der Waals surface area contributed by atoms with E-state index in [9.17, 15) is 13.2 Å². The Bertz CT molecular complexity index is 363. The van der Waals surface area contributed by atoms with Crippen molar-refractivity contribution in [1.29, 1.82) is 0 Å². The minimum absolute atomic E-state index is 0.267. The Labute approximate surface area is 90.7 Å². The van der Waals surface area contributed by atoms with E-state index in [1.54, 1.807) is 0 Å². The molecule has 6 heteroatoms. The van der Waals surface area contributed by atoms with Gasteiger partial charge in [0, 0.05) is 12.6 Å². The fourth-order valence-corrected chi connectivity index (χ4v) is 1.36. The van der Waals surface area contributed by atoms with Gasteiger partial charge in [-0.3, -0.25) is 4.74 Å². The summed E-state index contributed by atoms with van der Waals surface area (Å²) in [6.45, 7) is -0.552. The number of ether oxygens (including phenoxy) is 1. The van der Waals surface area contributed by atoms with Gasteiger partial charge in [-0.15, -0.1) is 13.2 Å². The third kappa shape index (κ3) is 3.77. The molecule has 16 heavy (non-hydrogen) atoms. The molecule has 1 saturated carbocycles. The highest BCUT2D eigenvalue weighted by molar-refractivity contribution is 5.02. The molecule has 1 aliphatic rings. The Morgan fingerprint density at radius 2 is 2.12 bits per heavy atom. The number of aromatic nitrogens is 2. The average molecular weight is 232 g/mol. The van der Waals surface area contributed by atoms with Gasteiger partial charge in [0.15, 0.2) is 0 Å². The van der Waals surface area contributed by atoms with Gasteiger partial charge < -0.3 is 0 Å². The molecule has 1 heterocycles. The van der Waals surface area contributed by atoms with Crippen LogP contribution in [-0.4, -0.2) is 16.3 Å². The van der Waals surface area contributed by atoms with Crippen molar-refractivity contribution in [1.82, 2.24) is 9.97 Å². The molecule has 1 fully saturated rings. The summed E-state index contributed by atoms with van der Waals surface area (Å²) in [6.07, 6.45) is -0.0689. The number of rotatable bonds is 4. The third-order valence-electron chi connectivity index (χ3n) is 2.32. The van der Waals surface area contributed by atoms with Crippen LogP contribution in [0.3, 0.4) is 0 Å². The smallest absolute Gasteiger partial charge is 0.285 e. The third-order valence-corrected chi connectivity index (χ3v) is 2.32. The van der Waals surface area contributed by atoms with E-state index in [2.05, 4.69) is 14.7 Å². The first-order chi connectivity index (χ1) is 7.53. The van der Waals surface area contributed by atoms with E-state index in [1.807, 2.05) is 0 Å². The minimum atomic E-state index is -4.61. The van der Waals surface area contributed by atoms with Crippen molar-refractivity contribution in [3.8, 4) is 0 Å². The fraction of sp³-hybridized carbons (Fsp3) is 0.600. The van der Waals surface area contributed by atoms with Crippen molar-refractivity contribution in [2.24, 2.45) is 5.92 Å². The Morgan fingerprint density at radius 3 is 2.75 bits per heavy atom. The number of alkyl halides is 3. The van der Waals surface area contributed by atoms with Crippen LogP contribution in [-0.2, 0) is 17.8 Å².